The molecule has 1 saturated heterocycles. The number of hydrogen-bond donors (Lipinski definition) is 2. The first kappa shape index (κ1) is 24.7. The first-order valence-corrected chi connectivity index (χ1v) is 12.9. The Morgan fingerprint density at radius 3 is 2.75 bits per heavy atom. The maximum absolute atomic E-state index is 10.9. The number of benzene rings is 2. The fourth-order valence-corrected chi connectivity index (χ4v) is 6.27. The Bertz CT molecular complexity index is 1280. The summed E-state index contributed by atoms with van der Waals surface area (Å²) in [5.74, 6) is 1.41. The van der Waals surface area contributed by atoms with E-state index in [0.717, 1.165) is 60.3 Å². The molecule has 1 aromatic heterocycles. The van der Waals surface area contributed by atoms with Crippen LogP contribution in [0.1, 0.15) is 60.5 Å². The Morgan fingerprint density at radius 2 is 2.00 bits per heavy atom. The molecule has 0 bridgehead atoms. The molecule has 0 radical (unpaired) electrons. The Kier molecular flexibility index (Phi) is 6.74. The van der Waals surface area contributed by atoms with Crippen LogP contribution in [-0.4, -0.2) is 40.5 Å². The van der Waals surface area contributed by atoms with Gasteiger partial charge in [0.1, 0.15) is 5.82 Å². The number of aryl methyl sites for hydroxylation is 1. The first-order valence-electron chi connectivity index (χ1n) is 12.9. The van der Waals surface area contributed by atoms with Gasteiger partial charge in [-0.15, -0.1) is 0 Å². The van der Waals surface area contributed by atoms with Gasteiger partial charge in [0.15, 0.2) is 0 Å². The number of nitrogens with zero attached hydrogens (tertiary/aromatic N) is 3. The van der Waals surface area contributed by atoms with Crippen molar-refractivity contribution in [2.24, 2.45) is 5.92 Å². The fraction of sp³-hybridized carbons (Fsp3) is 0.467. The Hall–Kier alpha value is -2.98. The molecule has 1 aliphatic carbocycles. The van der Waals surface area contributed by atoms with Crippen LogP contribution in [0.5, 0.6) is 0 Å². The number of piperidine rings is 1. The number of aliphatic hydroxyl groups is 1. The Balaban J connectivity index is 1.41. The van der Waals surface area contributed by atoms with Crippen LogP contribution < -0.4 is 5.32 Å². The lowest BCUT2D eigenvalue weighted by molar-refractivity contribution is 0.000285. The topological polar surface area (TPSA) is 83.1 Å². The maximum Gasteiger partial charge on any atom is 0.140 e. The van der Waals surface area contributed by atoms with Crippen molar-refractivity contribution < 1.29 is 9.84 Å². The molecule has 2 aliphatic rings. The normalized spacial score (nSPS) is 23.9. The number of methoxy groups -OCH3 is 1. The van der Waals surface area contributed by atoms with Crippen molar-refractivity contribution in [3.8, 4) is 17.5 Å². The minimum Gasteiger partial charge on any atom is -0.386 e. The van der Waals surface area contributed by atoms with E-state index in [-0.39, 0.29) is 18.2 Å². The van der Waals surface area contributed by atoms with Crippen molar-refractivity contribution >= 4 is 0 Å². The number of hydrogen-bond acceptors (Lipinski definition) is 5. The van der Waals surface area contributed by atoms with E-state index in [1.807, 2.05) is 45.4 Å². The third-order valence-electron chi connectivity index (χ3n) is 7.94. The molecule has 188 valence electrons. The van der Waals surface area contributed by atoms with Gasteiger partial charge in [0.25, 0.3) is 0 Å². The summed E-state index contributed by atoms with van der Waals surface area (Å²) in [5.41, 5.74) is 5.44. The van der Waals surface area contributed by atoms with Crippen molar-refractivity contribution in [2.75, 3.05) is 13.7 Å². The van der Waals surface area contributed by atoms with E-state index in [0.29, 0.717) is 5.92 Å². The average Bonchev–Trinajstić information content (AvgIpc) is 3.49. The van der Waals surface area contributed by atoms with E-state index in [1.165, 1.54) is 11.1 Å². The Labute approximate surface area is 213 Å². The highest BCUT2D eigenvalue weighted by Crippen LogP contribution is 2.38. The number of rotatable bonds is 6. The van der Waals surface area contributed by atoms with Gasteiger partial charge in [0.2, 0.25) is 0 Å². The van der Waals surface area contributed by atoms with E-state index >= 15 is 0 Å². The number of aromatic nitrogens is 2. The van der Waals surface area contributed by atoms with Gasteiger partial charge < -0.3 is 19.7 Å². The molecule has 1 unspecified atom stereocenters. The van der Waals surface area contributed by atoms with Gasteiger partial charge >= 0.3 is 0 Å². The van der Waals surface area contributed by atoms with Gasteiger partial charge in [-0.25, -0.2) is 4.98 Å². The molecule has 2 heterocycles. The fourth-order valence-electron chi connectivity index (χ4n) is 6.27. The van der Waals surface area contributed by atoms with Gasteiger partial charge in [-0.2, -0.15) is 5.26 Å². The SMILES string of the molecule is CO[C@@H]1C(C[C@H]2Cc3ccc(C#N)cc3C2)NCC[C@H]1n1ccnc1-c1cc(C)ccc1C(C)(C)O. The van der Waals surface area contributed by atoms with Crippen LogP contribution in [0, 0.1) is 24.2 Å². The predicted molar refractivity (Wildman–Crippen MR) is 141 cm³/mol. The molecule has 1 fully saturated rings. The van der Waals surface area contributed by atoms with E-state index in [4.69, 9.17) is 9.72 Å². The number of nitrogens with one attached hydrogen (secondary N) is 1. The summed E-state index contributed by atoms with van der Waals surface area (Å²) >= 11 is 0. The van der Waals surface area contributed by atoms with Crippen molar-refractivity contribution in [3.05, 3.63) is 76.6 Å². The minimum atomic E-state index is -0.972. The molecular weight excluding hydrogens is 448 g/mol. The molecule has 0 saturated carbocycles. The molecular formula is C30H36N4O2. The zero-order chi connectivity index (χ0) is 25.4. The number of imidazole rings is 1. The molecule has 0 amide bonds. The number of fused-ring (bicyclic) bond motifs is 1. The van der Waals surface area contributed by atoms with E-state index < -0.39 is 5.60 Å². The Morgan fingerprint density at radius 1 is 1.19 bits per heavy atom. The second-order valence-electron chi connectivity index (χ2n) is 11.0. The summed E-state index contributed by atoms with van der Waals surface area (Å²) in [7, 11) is 1.81. The van der Waals surface area contributed by atoms with Crippen molar-refractivity contribution in [1.29, 1.82) is 5.26 Å². The van der Waals surface area contributed by atoms with E-state index in [2.05, 4.69) is 47.3 Å². The summed E-state index contributed by atoms with van der Waals surface area (Å²) in [4.78, 5) is 4.77. The van der Waals surface area contributed by atoms with Gasteiger partial charge in [-0.05, 0) is 93.8 Å². The van der Waals surface area contributed by atoms with Crippen LogP contribution in [-0.2, 0) is 23.2 Å². The number of nitriles is 1. The van der Waals surface area contributed by atoms with Crippen molar-refractivity contribution in [1.82, 2.24) is 14.9 Å². The summed E-state index contributed by atoms with van der Waals surface area (Å²) in [6.07, 6.45) is 7.94. The van der Waals surface area contributed by atoms with Crippen LogP contribution in [0.3, 0.4) is 0 Å². The van der Waals surface area contributed by atoms with Crippen molar-refractivity contribution in [3.63, 3.8) is 0 Å². The molecule has 2 N–H and O–H groups in total. The molecule has 1 aliphatic heterocycles. The highest BCUT2D eigenvalue weighted by Gasteiger charge is 2.38. The molecule has 5 rings (SSSR count). The molecule has 0 spiro atoms. The third kappa shape index (κ3) is 4.71. The molecule has 2 aromatic carbocycles. The highest BCUT2D eigenvalue weighted by atomic mass is 16.5. The molecule has 6 heteroatoms. The van der Waals surface area contributed by atoms with Gasteiger partial charge in [-0.1, -0.05) is 23.8 Å². The summed E-state index contributed by atoms with van der Waals surface area (Å²) < 4.78 is 8.43. The summed E-state index contributed by atoms with van der Waals surface area (Å²) in [6.45, 7) is 6.64. The average molecular weight is 485 g/mol. The monoisotopic (exact) mass is 484 g/mol. The zero-order valence-corrected chi connectivity index (χ0v) is 21.7. The molecule has 36 heavy (non-hydrogen) atoms. The van der Waals surface area contributed by atoms with E-state index in [9.17, 15) is 10.4 Å². The standard InChI is InChI=1S/C30H36N4O2/c1-19-5-8-25(30(2,3)35)24(13-19)29-33-11-12-34(29)27-9-10-32-26(28(27)36-4)17-21-15-22-7-6-20(18-31)14-23(22)16-21/h5-8,11-14,21,26-28,32,35H,9-10,15-17H2,1-4H3/t21-,26?,27+,28+/m0/s1. The smallest absolute Gasteiger partial charge is 0.140 e. The van der Waals surface area contributed by atoms with Crippen LogP contribution in [0.25, 0.3) is 11.4 Å². The van der Waals surface area contributed by atoms with Gasteiger partial charge in [0, 0.05) is 31.1 Å². The maximum atomic E-state index is 10.9. The van der Waals surface area contributed by atoms with Crippen LogP contribution >= 0.6 is 0 Å². The second kappa shape index (κ2) is 9.82. The molecule has 6 nitrogen and oxygen atoms in total. The predicted octanol–water partition coefficient (Wildman–Crippen LogP) is 4.68. The lowest BCUT2D eigenvalue weighted by Gasteiger charge is -2.40. The lowest BCUT2D eigenvalue weighted by atomic mass is 9.86. The van der Waals surface area contributed by atoms with Crippen LogP contribution in [0.2, 0.25) is 0 Å². The quantitative estimate of drug-likeness (QED) is 0.531. The third-order valence-corrected chi connectivity index (χ3v) is 7.94. The zero-order valence-electron chi connectivity index (χ0n) is 21.7. The van der Waals surface area contributed by atoms with Crippen molar-refractivity contribution in [2.45, 2.75) is 70.2 Å². The molecule has 4 atom stereocenters. The molecule has 3 aromatic rings. The minimum absolute atomic E-state index is 0.000442. The van der Waals surface area contributed by atoms with Crippen LogP contribution in [0.15, 0.2) is 48.8 Å². The van der Waals surface area contributed by atoms with Gasteiger partial charge in [0.05, 0.1) is 29.4 Å². The highest BCUT2D eigenvalue weighted by molar-refractivity contribution is 5.63. The van der Waals surface area contributed by atoms with E-state index in [1.54, 1.807) is 0 Å². The number of ether oxygens (including phenoxy) is 1. The lowest BCUT2D eigenvalue weighted by Crippen LogP contribution is -2.52. The largest absolute Gasteiger partial charge is 0.386 e. The van der Waals surface area contributed by atoms with Gasteiger partial charge in [-0.3, -0.25) is 0 Å². The summed E-state index contributed by atoms with van der Waals surface area (Å²) in [6, 6.07) is 14.9. The second-order valence-corrected chi connectivity index (χ2v) is 11.0. The summed E-state index contributed by atoms with van der Waals surface area (Å²) in [5, 5.41) is 23.9. The first-order chi connectivity index (χ1) is 17.3. The van der Waals surface area contributed by atoms with Crippen LogP contribution in [0.4, 0.5) is 0 Å².